The third kappa shape index (κ3) is 6.95. The Bertz CT molecular complexity index is 806. The second kappa shape index (κ2) is 12.8. The van der Waals surface area contributed by atoms with Crippen LogP contribution in [0.2, 0.25) is 0 Å². The molecule has 0 saturated heterocycles. The van der Waals surface area contributed by atoms with Crippen LogP contribution in [0.3, 0.4) is 0 Å². The lowest BCUT2D eigenvalue weighted by Crippen LogP contribution is -2.17. The summed E-state index contributed by atoms with van der Waals surface area (Å²) in [5.41, 5.74) is 1.89. The molecule has 30 heavy (non-hydrogen) atoms. The number of unbranched alkanes of at least 4 members (excludes halogenated alkanes) is 1. The summed E-state index contributed by atoms with van der Waals surface area (Å²) in [4.78, 5) is 12.4. The Morgan fingerprint density at radius 2 is 1.33 bits per heavy atom. The summed E-state index contributed by atoms with van der Waals surface area (Å²) in [6.07, 6.45) is 4.37. The normalized spacial score (nSPS) is 10.5. The van der Waals surface area contributed by atoms with Gasteiger partial charge in [-0.15, -0.1) is 0 Å². The Kier molecular flexibility index (Phi) is 10.0. The fourth-order valence-corrected chi connectivity index (χ4v) is 3.27. The zero-order valence-corrected chi connectivity index (χ0v) is 18.5. The van der Waals surface area contributed by atoms with Gasteiger partial charge in [0.05, 0.1) is 28.4 Å². The van der Waals surface area contributed by atoms with Crippen LogP contribution in [-0.2, 0) is 6.42 Å². The first kappa shape index (κ1) is 23.5. The lowest BCUT2D eigenvalue weighted by atomic mass is 10.0. The van der Waals surface area contributed by atoms with Crippen molar-refractivity contribution in [1.29, 1.82) is 0 Å². The van der Waals surface area contributed by atoms with Gasteiger partial charge < -0.3 is 24.3 Å². The van der Waals surface area contributed by atoms with E-state index in [2.05, 4.69) is 11.4 Å². The predicted octanol–water partition coefficient (Wildman–Crippen LogP) is 4.30. The van der Waals surface area contributed by atoms with E-state index in [9.17, 15) is 4.79 Å². The van der Waals surface area contributed by atoms with Crippen molar-refractivity contribution < 1.29 is 23.7 Å². The van der Waals surface area contributed by atoms with Gasteiger partial charge in [0.25, 0.3) is 0 Å². The molecule has 0 fully saturated rings. The highest BCUT2D eigenvalue weighted by Gasteiger charge is 2.10. The molecule has 1 N–H and O–H groups in total. The largest absolute Gasteiger partial charge is 0.493 e. The molecule has 2 rings (SSSR count). The van der Waals surface area contributed by atoms with Crippen LogP contribution in [0.4, 0.5) is 0 Å². The average Bonchev–Trinajstić information content (AvgIpc) is 2.79. The number of hydrogen-bond donors (Lipinski definition) is 1. The molecule has 0 aliphatic heterocycles. The summed E-state index contributed by atoms with van der Waals surface area (Å²) in [7, 11) is 6.45. The van der Waals surface area contributed by atoms with E-state index in [4.69, 9.17) is 18.9 Å². The Hall–Kier alpha value is -2.73. The number of ketones is 1. The van der Waals surface area contributed by atoms with E-state index in [1.54, 1.807) is 46.6 Å². The number of benzene rings is 2. The standard InChI is InChI=1S/C24H33NO5/c1-27-21-12-10-18(16-23(21)29-3)8-7-15-25-14-6-5-9-20(26)19-11-13-22(28-2)24(17-19)30-4/h10-13,16-17,25H,5-9,14-15H2,1-4H3. The zero-order valence-electron chi connectivity index (χ0n) is 18.5. The van der Waals surface area contributed by atoms with Gasteiger partial charge >= 0.3 is 0 Å². The third-order valence-corrected chi connectivity index (χ3v) is 4.98. The summed E-state index contributed by atoms with van der Waals surface area (Å²) in [5, 5.41) is 3.45. The number of aryl methyl sites for hydroxylation is 1. The minimum atomic E-state index is 0.129. The van der Waals surface area contributed by atoms with Crippen LogP contribution in [-0.4, -0.2) is 47.3 Å². The molecule has 2 aromatic rings. The van der Waals surface area contributed by atoms with E-state index in [0.717, 1.165) is 50.3 Å². The van der Waals surface area contributed by atoms with E-state index in [-0.39, 0.29) is 5.78 Å². The van der Waals surface area contributed by atoms with Crippen molar-refractivity contribution in [3.8, 4) is 23.0 Å². The number of hydrogen-bond acceptors (Lipinski definition) is 6. The average molecular weight is 416 g/mol. The number of carbonyl (C=O) groups is 1. The molecule has 0 aliphatic rings. The lowest BCUT2D eigenvalue weighted by Gasteiger charge is -2.10. The number of nitrogens with one attached hydrogen (secondary N) is 1. The van der Waals surface area contributed by atoms with Gasteiger partial charge in [-0.2, -0.15) is 0 Å². The van der Waals surface area contributed by atoms with Crippen molar-refractivity contribution in [2.45, 2.75) is 32.1 Å². The SMILES string of the molecule is COc1ccc(CCCNCCCCC(=O)c2ccc(OC)c(OC)c2)cc1OC. The van der Waals surface area contributed by atoms with Crippen LogP contribution in [0.1, 0.15) is 41.6 Å². The Balaban J connectivity index is 1.61. The van der Waals surface area contributed by atoms with Crippen LogP contribution in [0.15, 0.2) is 36.4 Å². The van der Waals surface area contributed by atoms with Gasteiger partial charge in [-0.3, -0.25) is 4.79 Å². The van der Waals surface area contributed by atoms with E-state index in [1.807, 2.05) is 12.1 Å². The summed E-state index contributed by atoms with van der Waals surface area (Å²) in [6.45, 7) is 1.85. The number of carbonyl (C=O) groups excluding carboxylic acids is 1. The van der Waals surface area contributed by atoms with Crippen molar-refractivity contribution in [1.82, 2.24) is 5.32 Å². The number of ether oxygens (including phenoxy) is 4. The van der Waals surface area contributed by atoms with E-state index >= 15 is 0 Å². The molecule has 0 unspecified atom stereocenters. The summed E-state index contributed by atoms with van der Waals surface area (Å²) in [5.74, 6) is 2.86. The summed E-state index contributed by atoms with van der Waals surface area (Å²) >= 11 is 0. The maximum atomic E-state index is 12.4. The van der Waals surface area contributed by atoms with Gasteiger partial charge in [0.2, 0.25) is 0 Å². The van der Waals surface area contributed by atoms with E-state index in [1.165, 1.54) is 5.56 Å². The van der Waals surface area contributed by atoms with Gasteiger partial charge in [0.1, 0.15) is 0 Å². The number of Topliss-reactive ketones (excluding diaryl/α,β-unsaturated/α-hetero) is 1. The zero-order chi connectivity index (χ0) is 21.8. The van der Waals surface area contributed by atoms with Crippen molar-refractivity contribution >= 4 is 5.78 Å². The van der Waals surface area contributed by atoms with Gasteiger partial charge in [-0.05, 0) is 74.7 Å². The molecule has 0 amide bonds. The van der Waals surface area contributed by atoms with Crippen molar-refractivity contribution in [2.24, 2.45) is 0 Å². The number of methoxy groups -OCH3 is 4. The van der Waals surface area contributed by atoms with Gasteiger partial charge in [-0.1, -0.05) is 6.07 Å². The summed E-state index contributed by atoms with van der Waals surface area (Å²) in [6, 6.07) is 11.3. The molecule has 6 nitrogen and oxygen atoms in total. The second-order valence-corrected chi connectivity index (χ2v) is 6.99. The molecule has 0 aliphatic carbocycles. The molecule has 0 radical (unpaired) electrons. The van der Waals surface area contributed by atoms with Gasteiger partial charge in [0.15, 0.2) is 28.8 Å². The Morgan fingerprint density at radius 1 is 0.733 bits per heavy atom. The fraction of sp³-hybridized carbons (Fsp3) is 0.458. The topological polar surface area (TPSA) is 66.0 Å². The highest BCUT2D eigenvalue weighted by Crippen LogP contribution is 2.29. The molecule has 0 saturated carbocycles. The lowest BCUT2D eigenvalue weighted by molar-refractivity contribution is 0.0979. The van der Waals surface area contributed by atoms with Crippen LogP contribution < -0.4 is 24.3 Å². The molecule has 0 bridgehead atoms. The third-order valence-electron chi connectivity index (χ3n) is 4.98. The first-order chi connectivity index (χ1) is 14.6. The fourth-order valence-electron chi connectivity index (χ4n) is 3.27. The van der Waals surface area contributed by atoms with E-state index in [0.29, 0.717) is 23.5 Å². The minimum absolute atomic E-state index is 0.129. The van der Waals surface area contributed by atoms with Crippen molar-refractivity contribution in [2.75, 3.05) is 41.5 Å². The monoisotopic (exact) mass is 415 g/mol. The highest BCUT2D eigenvalue weighted by atomic mass is 16.5. The molecular formula is C24H33NO5. The van der Waals surface area contributed by atoms with Gasteiger partial charge in [-0.25, -0.2) is 0 Å². The molecular weight excluding hydrogens is 382 g/mol. The van der Waals surface area contributed by atoms with Crippen LogP contribution in [0.5, 0.6) is 23.0 Å². The molecule has 0 aromatic heterocycles. The molecule has 0 spiro atoms. The second-order valence-electron chi connectivity index (χ2n) is 6.99. The summed E-state index contributed by atoms with van der Waals surface area (Å²) < 4.78 is 21.1. The molecule has 2 aromatic carbocycles. The van der Waals surface area contributed by atoms with E-state index < -0.39 is 0 Å². The molecule has 0 heterocycles. The molecule has 0 atom stereocenters. The number of rotatable bonds is 14. The smallest absolute Gasteiger partial charge is 0.163 e. The van der Waals surface area contributed by atoms with Crippen LogP contribution >= 0.6 is 0 Å². The molecule has 6 heteroatoms. The first-order valence-electron chi connectivity index (χ1n) is 10.3. The first-order valence-corrected chi connectivity index (χ1v) is 10.3. The Labute approximate surface area is 179 Å². The van der Waals surface area contributed by atoms with Crippen LogP contribution in [0.25, 0.3) is 0 Å². The Morgan fingerprint density at radius 3 is 2.00 bits per heavy atom. The maximum absolute atomic E-state index is 12.4. The van der Waals surface area contributed by atoms with Crippen molar-refractivity contribution in [3.63, 3.8) is 0 Å². The van der Waals surface area contributed by atoms with Gasteiger partial charge in [0, 0.05) is 12.0 Å². The minimum Gasteiger partial charge on any atom is -0.493 e. The maximum Gasteiger partial charge on any atom is 0.163 e. The predicted molar refractivity (Wildman–Crippen MR) is 118 cm³/mol. The quantitative estimate of drug-likeness (QED) is 0.367. The van der Waals surface area contributed by atoms with Crippen molar-refractivity contribution in [3.05, 3.63) is 47.5 Å². The molecule has 164 valence electrons. The highest BCUT2D eigenvalue weighted by molar-refractivity contribution is 5.96. The van der Waals surface area contributed by atoms with Crippen LogP contribution in [0, 0.1) is 0 Å².